The highest BCUT2D eigenvalue weighted by atomic mass is 19.4. The monoisotopic (exact) mass is 804 g/mol. The molecule has 2 atom stereocenters. The number of fused-ring (bicyclic) bond motifs is 2. The largest absolute Gasteiger partial charge is 0.508 e. The summed E-state index contributed by atoms with van der Waals surface area (Å²) in [6.07, 6.45) is -2.70. The molecule has 8 rings (SSSR count). The van der Waals surface area contributed by atoms with E-state index in [0.717, 1.165) is 28.0 Å². The lowest BCUT2D eigenvalue weighted by Gasteiger charge is -2.54. The van der Waals surface area contributed by atoms with E-state index in [9.17, 15) is 37.1 Å². The zero-order chi connectivity index (χ0) is 41.3. The van der Waals surface area contributed by atoms with E-state index in [1.54, 1.807) is 29.2 Å². The summed E-state index contributed by atoms with van der Waals surface area (Å²) in [6, 6.07) is 31.2. The summed E-state index contributed by atoms with van der Waals surface area (Å²) < 4.78 is 60.2. The van der Waals surface area contributed by atoms with Gasteiger partial charge in [0.1, 0.15) is 29.5 Å². The number of benzene rings is 5. The molecule has 0 bridgehead atoms. The summed E-state index contributed by atoms with van der Waals surface area (Å²) in [5.74, 6) is -2.12. The molecule has 4 amide bonds. The average Bonchev–Trinajstić information content (AvgIpc) is 3.69. The third-order valence-electron chi connectivity index (χ3n) is 10.3. The molecular weight excluding hydrogens is 769 g/mol. The minimum atomic E-state index is -4.94. The van der Waals surface area contributed by atoms with Gasteiger partial charge in [-0.05, 0) is 57.8 Å². The summed E-state index contributed by atoms with van der Waals surface area (Å²) in [6.45, 7) is -0.401. The Bertz CT molecular complexity index is 2540. The molecule has 11 nitrogen and oxygen atoms in total. The molecule has 2 unspecified atom stereocenters. The predicted octanol–water partition coefficient (Wildman–Crippen LogP) is 7.58. The van der Waals surface area contributed by atoms with Crippen LogP contribution in [0.5, 0.6) is 5.75 Å². The Morgan fingerprint density at radius 1 is 0.898 bits per heavy atom. The molecule has 0 aliphatic carbocycles. The molecular formula is C44H36F4N6O5. The van der Waals surface area contributed by atoms with Crippen LogP contribution in [0.4, 0.5) is 22.4 Å². The van der Waals surface area contributed by atoms with Crippen LogP contribution in [0.1, 0.15) is 28.0 Å². The number of hydrogen-bond acceptors (Lipinski definition) is 7. The number of carbonyl (C=O) groups excluding carboxylic acids is 3. The second kappa shape index (κ2) is 16.1. The van der Waals surface area contributed by atoms with Crippen molar-refractivity contribution in [2.75, 3.05) is 13.1 Å². The zero-order valence-corrected chi connectivity index (χ0v) is 31.2. The highest BCUT2D eigenvalue weighted by Crippen LogP contribution is 2.35. The molecule has 0 radical (unpaired) electrons. The van der Waals surface area contributed by atoms with Crippen LogP contribution in [-0.2, 0) is 35.4 Å². The fourth-order valence-electron chi connectivity index (χ4n) is 7.48. The van der Waals surface area contributed by atoms with Crippen LogP contribution in [0, 0.1) is 5.82 Å². The van der Waals surface area contributed by atoms with Crippen molar-refractivity contribution >= 4 is 34.7 Å². The summed E-state index contributed by atoms with van der Waals surface area (Å²) in [4.78, 5) is 46.3. The van der Waals surface area contributed by atoms with Crippen molar-refractivity contribution in [3.63, 3.8) is 0 Å². The lowest BCUT2D eigenvalue weighted by molar-refractivity contribution is -0.189. The van der Waals surface area contributed by atoms with Gasteiger partial charge in [0.2, 0.25) is 11.8 Å². The van der Waals surface area contributed by atoms with E-state index in [1.807, 2.05) is 72.8 Å². The Hall–Kier alpha value is -7.00. The molecule has 2 N–H and O–H groups in total. The van der Waals surface area contributed by atoms with Crippen LogP contribution in [-0.4, -0.2) is 73.2 Å². The van der Waals surface area contributed by atoms with Gasteiger partial charge >= 0.3 is 12.2 Å². The number of aromatic nitrogens is 1. The molecule has 2 aliphatic rings. The molecule has 0 spiro atoms. The maximum atomic E-state index is 14.5. The number of nitrogens with zero attached hydrogens (tertiary/aromatic N) is 5. The molecule has 15 heteroatoms. The number of nitrogens with one attached hydrogen (secondary N) is 1. The molecule has 2 fully saturated rings. The van der Waals surface area contributed by atoms with Gasteiger partial charge in [0.15, 0.2) is 5.76 Å². The fourth-order valence-corrected chi connectivity index (χ4v) is 7.48. The topological polar surface area (TPSA) is 122 Å². The van der Waals surface area contributed by atoms with Crippen LogP contribution < -0.4 is 5.32 Å². The van der Waals surface area contributed by atoms with Gasteiger partial charge in [-0.3, -0.25) is 9.59 Å². The second-order valence-corrected chi connectivity index (χ2v) is 14.2. The normalized spacial score (nSPS) is 17.5. The van der Waals surface area contributed by atoms with Gasteiger partial charge in [-0.2, -0.15) is 18.2 Å². The minimum absolute atomic E-state index is 0.0144. The van der Waals surface area contributed by atoms with Crippen molar-refractivity contribution in [1.82, 2.24) is 30.3 Å². The van der Waals surface area contributed by atoms with E-state index in [4.69, 9.17) is 4.52 Å². The summed E-state index contributed by atoms with van der Waals surface area (Å²) in [5, 5.41) is 21.4. The van der Waals surface area contributed by atoms with Gasteiger partial charge in [0.05, 0.1) is 25.2 Å². The van der Waals surface area contributed by atoms with Crippen LogP contribution >= 0.6 is 0 Å². The number of carbonyl (C=O) groups is 3. The van der Waals surface area contributed by atoms with Gasteiger partial charge in [0, 0.05) is 24.7 Å². The number of halogens is 4. The van der Waals surface area contributed by atoms with Crippen molar-refractivity contribution in [3.8, 4) is 17.0 Å². The fraction of sp³-hybridized carbons (Fsp3) is 0.182. The second-order valence-electron chi connectivity index (χ2n) is 14.2. The first-order chi connectivity index (χ1) is 28.4. The van der Waals surface area contributed by atoms with E-state index < -0.39 is 41.7 Å². The first-order valence-corrected chi connectivity index (χ1v) is 18.7. The lowest BCUT2D eigenvalue weighted by atomic mass is 10.0. The number of phenols is 1. The number of phenolic OH excluding ortho intramolecular Hbond substituents is 1. The van der Waals surface area contributed by atoms with Gasteiger partial charge in [0.25, 0.3) is 0 Å². The van der Waals surface area contributed by atoms with E-state index in [1.165, 1.54) is 33.1 Å². The van der Waals surface area contributed by atoms with Crippen molar-refractivity contribution in [3.05, 3.63) is 161 Å². The first-order valence-electron chi connectivity index (χ1n) is 18.7. The Morgan fingerprint density at radius 3 is 2.42 bits per heavy atom. The van der Waals surface area contributed by atoms with Crippen LogP contribution in [0.15, 0.2) is 132 Å². The van der Waals surface area contributed by atoms with Gasteiger partial charge in [-0.15, -0.1) is 0 Å². The highest BCUT2D eigenvalue weighted by Gasteiger charge is 2.51. The third kappa shape index (κ3) is 8.23. The highest BCUT2D eigenvalue weighted by molar-refractivity contribution is 5.94. The van der Waals surface area contributed by atoms with Gasteiger partial charge < -0.3 is 24.7 Å². The lowest BCUT2D eigenvalue weighted by Crippen LogP contribution is -2.75. The van der Waals surface area contributed by atoms with E-state index >= 15 is 0 Å². The smallest absolute Gasteiger partial charge is 0.419 e. The zero-order valence-electron chi connectivity index (χ0n) is 31.2. The van der Waals surface area contributed by atoms with Crippen LogP contribution in [0.25, 0.3) is 28.1 Å². The van der Waals surface area contributed by atoms with Gasteiger partial charge in [-0.1, -0.05) is 102 Å². The van der Waals surface area contributed by atoms with Crippen LogP contribution in [0.2, 0.25) is 0 Å². The van der Waals surface area contributed by atoms with Crippen molar-refractivity contribution in [2.45, 2.75) is 38.0 Å². The standard InChI is InChI=1S/C44H36F4N6O5/c45-37-19-16-31(21-36(37)44(46,47)48)38-22-34(59-50-38)25-52-27-41(56)53-39(20-15-28-13-17-33(55)18-14-28)42(57)51(24-32-11-6-10-30-9-4-5-12-35(30)32)26-40(53)54(52)43(58)49-23-29-7-2-1-3-8-29/h1-22,39-40,55H,23-27H2,(H,49,58)/b20-15+. The minimum Gasteiger partial charge on any atom is -0.508 e. The number of urea groups is 1. The maximum Gasteiger partial charge on any atom is 0.419 e. The van der Waals surface area contributed by atoms with E-state index in [0.29, 0.717) is 17.7 Å². The number of piperazine rings is 1. The maximum absolute atomic E-state index is 14.5. The van der Waals surface area contributed by atoms with E-state index in [2.05, 4.69) is 10.5 Å². The van der Waals surface area contributed by atoms with Crippen molar-refractivity contribution in [1.29, 1.82) is 0 Å². The Morgan fingerprint density at radius 2 is 1.64 bits per heavy atom. The molecule has 0 saturated carbocycles. The Balaban J connectivity index is 1.16. The molecule has 300 valence electrons. The number of hydrogen-bond donors (Lipinski definition) is 2. The Kier molecular flexibility index (Phi) is 10.6. The molecule has 59 heavy (non-hydrogen) atoms. The summed E-state index contributed by atoms with van der Waals surface area (Å²) in [5.41, 5.74) is 0.794. The third-order valence-corrected chi connectivity index (χ3v) is 10.3. The molecule has 3 heterocycles. The quantitative estimate of drug-likeness (QED) is 0.145. The number of alkyl halides is 3. The predicted molar refractivity (Wildman–Crippen MR) is 209 cm³/mol. The summed E-state index contributed by atoms with van der Waals surface area (Å²) in [7, 11) is 0. The molecule has 5 aromatic carbocycles. The number of aromatic hydroxyl groups is 1. The molecule has 1 aromatic heterocycles. The molecule has 2 aliphatic heterocycles. The Labute approximate surface area is 335 Å². The summed E-state index contributed by atoms with van der Waals surface area (Å²) >= 11 is 0. The average molecular weight is 805 g/mol. The van der Waals surface area contributed by atoms with Crippen molar-refractivity contribution in [2.24, 2.45) is 0 Å². The van der Waals surface area contributed by atoms with Crippen molar-refractivity contribution < 1.29 is 41.6 Å². The molecule has 2 saturated heterocycles. The first kappa shape index (κ1) is 38.9. The SMILES string of the molecule is O=C1C(/C=C/c2ccc(O)cc2)N2C(=O)CN(Cc3cc(-c4ccc(F)c(C(F)(F)F)c4)no3)N(C(=O)NCc3ccccc3)C2CN1Cc1cccc2ccccc12. The number of hydrazine groups is 1. The number of rotatable bonds is 9. The van der Waals surface area contributed by atoms with Crippen LogP contribution in [0.3, 0.4) is 0 Å². The van der Waals surface area contributed by atoms with Gasteiger partial charge in [-0.25, -0.2) is 14.2 Å². The molecule has 6 aromatic rings. The number of amides is 4. The van der Waals surface area contributed by atoms with E-state index in [-0.39, 0.29) is 61.4 Å².